The van der Waals surface area contributed by atoms with Crippen LogP contribution in [0.15, 0.2) is 25.0 Å². The lowest BCUT2D eigenvalue weighted by Gasteiger charge is -2.27. The van der Waals surface area contributed by atoms with Crippen LogP contribution in [0.2, 0.25) is 0 Å². The lowest BCUT2D eigenvalue weighted by atomic mass is 9.99. The second-order valence-corrected chi connectivity index (χ2v) is 9.49. The number of carboxylic acids is 1. The van der Waals surface area contributed by atoms with E-state index in [9.17, 15) is 24.3 Å². The quantitative estimate of drug-likeness (QED) is 0.178. The molecule has 0 radical (unpaired) electrons. The third-order valence-electron chi connectivity index (χ3n) is 5.51. The SMILES string of the molecule is CC(C)CC(N)C(=O)NC(C(=O)NC(Cc1cnc[nH]1)C(=O)NC(Cc1cnc[nH]1)C(=O)O)C(C)C. The zero-order valence-electron chi connectivity index (χ0n) is 20.9. The van der Waals surface area contributed by atoms with Gasteiger partial charge in [0.15, 0.2) is 0 Å². The van der Waals surface area contributed by atoms with Crippen LogP contribution in [-0.4, -0.2) is 72.9 Å². The maximum Gasteiger partial charge on any atom is 0.326 e. The highest BCUT2D eigenvalue weighted by molar-refractivity contribution is 5.94. The van der Waals surface area contributed by atoms with Crippen LogP contribution in [0, 0.1) is 11.8 Å². The van der Waals surface area contributed by atoms with E-state index in [2.05, 4.69) is 35.9 Å². The fraction of sp³-hybridized carbons (Fsp3) is 0.565. The standard InChI is InChI=1S/C23H36N8O5/c1-12(2)5-16(24)20(32)31-19(13(3)4)22(34)29-17(6-14-8-25-10-27-14)21(33)30-18(23(35)36)7-15-9-26-11-28-15/h8-13,16-19H,5-7,24H2,1-4H3,(H,25,27)(H,26,28)(H,29,34)(H,30,33)(H,31,32)(H,35,36). The third-order valence-corrected chi connectivity index (χ3v) is 5.51. The number of amides is 3. The summed E-state index contributed by atoms with van der Waals surface area (Å²) in [6, 6.07) is -4.12. The van der Waals surface area contributed by atoms with Gasteiger partial charge in [-0.05, 0) is 18.3 Å². The van der Waals surface area contributed by atoms with Gasteiger partial charge < -0.3 is 36.8 Å². The van der Waals surface area contributed by atoms with E-state index in [0.717, 1.165) is 0 Å². The Kier molecular flexibility index (Phi) is 10.6. The van der Waals surface area contributed by atoms with E-state index in [0.29, 0.717) is 17.8 Å². The number of hydrogen-bond acceptors (Lipinski definition) is 7. The van der Waals surface area contributed by atoms with Crippen molar-refractivity contribution in [2.45, 2.75) is 71.1 Å². The first-order chi connectivity index (χ1) is 17.0. The van der Waals surface area contributed by atoms with Crippen molar-refractivity contribution in [1.29, 1.82) is 0 Å². The van der Waals surface area contributed by atoms with Crippen LogP contribution in [0.4, 0.5) is 0 Å². The second-order valence-electron chi connectivity index (χ2n) is 9.49. The van der Waals surface area contributed by atoms with Gasteiger partial charge >= 0.3 is 5.97 Å². The second kappa shape index (κ2) is 13.4. The number of H-pyrrole nitrogens is 2. The summed E-state index contributed by atoms with van der Waals surface area (Å²) >= 11 is 0. The molecule has 2 aromatic rings. The molecule has 2 aromatic heterocycles. The van der Waals surface area contributed by atoms with Crippen LogP contribution in [0.25, 0.3) is 0 Å². The number of rotatable bonds is 14. The van der Waals surface area contributed by atoms with Crippen molar-refractivity contribution in [1.82, 2.24) is 35.9 Å². The first-order valence-corrected chi connectivity index (χ1v) is 11.8. The molecule has 0 saturated carbocycles. The van der Waals surface area contributed by atoms with Gasteiger partial charge in [-0.2, -0.15) is 0 Å². The maximum absolute atomic E-state index is 13.2. The van der Waals surface area contributed by atoms with Gasteiger partial charge in [-0.15, -0.1) is 0 Å². The third kappa shape index (κ3) is 8.80. The number of nitrogens with zero attached hydrogens (tertiary/aromatic N) is 2. The number of aliphatic carboxylic acids is 1. The van der Waals surface area contributed by atoms with Crippen molar-refractivity contribution in [3.63, 3.8) is 0 Å². The molecule has 13 nitrogen and oxygen atoms in total. The zero-order valence-corrected chi connectivity index (χ0v) is 20.9. The molecule has 0 aliphatic rings. The molecule has 0 aliphatic heterocycles. The molecule has 0 aromatic carbocycles. The summed E-state index contributed by atoms with van der Waals surface area (Å²) < 4.78 is 0. The molecule has 0 aliphatic carbocycles. The van der Waals surface area contributed by atoms with Gasteiger partial charge in [0.2, 0.25) is 17.7 Å². The Hall–Kier alpha value is -3.74. The van der Waals surface area contributed by atoms with Gasteiger partial charge in [0.05, 0.1) is 18.7 Å². The van der Waals surface area contributed by atoms with Crippen molar-refractivity contribution in [3.8, 4) is 0 Å². The van der Waals surface area contributed by atoms with Crippen LogP contribution in [-0.2, 0) is 32.0 Å². The molecule has 2 rings (SSSR count). The molecular weight excluding hydrogens is 468 g/mol. The number of hydrogen-bond donors (Lipinski definition) is 7. The maximum atomic E-state index is 13.2. The summed E-state index contributed by atoms with van der Waals surface area (Å²) in [7, 11) is 0. The van der Waals surface area contributed by atoms with Crippen LogP contribution in [0.1, 0.15) is 45.5 Å². The topological polar surface area (TPSA) is 208 Å². The fourth-order valence-electron chi connectivity index (χ4n) is 3.59. The average molecular weight is 505 g/mol. The Morgan fingerprint density at radius 3 is 1.83 bits per heavy atom. The number of carboxylic acid groups (broad SMARTS) is 1. The number of nitrogens with one attached hydrogen (secondary N) is 5. The molecule has 3 amide bonds. The summed E-state index contributed by atoms with van der Waals surface area (Å²) in [5, 5.41) is 17.4. The number of imidazole rings is 2. The monoisotopic (exact) mass is 504 g/mol. The molecule has 0 spiro atoms. The van der Waals surface area contributed by atoms with Crippen LogP contribution >= 0.6 is 0 Å². The van der Waals surface area contributed by atoms with E-state index in [4.69, 9.17) is 5.73 Å². The number of carbonyl (C=O) groups is 4. The van der Waals surface area contributed by atoms with Crippen molar-refractivity contribution in [3.05, 3.63) is 36.4 Å². The van der Waals surface area contributed by atoms with Gasteiger partial charge in [0.1, 0.15) is 18.1 Å². The molecular formula is C23H36N8O5. The minimum absolute atomic E-state index is 0.0236. The molecule has 198 valence electrons. The molecule has 4 unspecified atom stereocenters. The molecule has 0 fully saturated rings. The number of aromatic amines is 2. The minimum Gasteiger partial charge on any atom is -0.480 e. The van der Waals surface area contributed by atoms with E-state index in [1.165, 1.54) is 25.0 Å². The van der Waals surface area contributed by atoms with Crippen LogP contribution in [0.5, 0.6) is 0 Å². The van der Waals surface area contributed by atoms with Crippen LogP contribution in [0.3, 0.4) is 0 Å². The Morgan fingerprint density at radius 2 is 1.39 bits per heavy atom. The van der Waals surface area contributed by atoms with Crippen molar-refractivity contribution >= 4 is 23.7 Å². The van der Waals surface area contributed by atoms with Gasteiger partial charge in [0.25, 0.3) is 0 Å². The number of carbonyl (C=O) groups excluding carboxylic acids is 3. The summed E-state index contributed by atoms with van der Waals surface area (Å²) in [5.74, 6) is -3.09. The predicted molar refractivity (Wildman–Crippen MR) is 130 cm³/mol. The van der Waals surface area contributed by atoms with E-state index >= 15 is 0 Å². The van der Waals surface area contributed by atoms with Crippen molar-refractivity contribution in [2.24, 2.45) is 17.6 Å². The van der Waals surface area contributed by atoms with Gasteiger partial charge in [-0.3, -0.25) is 14.4 Å². The molecule has 8 N–H and O–H groups in total. The van der Waals surface area contributed by atoms with Crippen molar-refractivity contribution < 1.29 is 24.3 Å². The summed E-state index contributed by atoms with van der Waals surface area (Å²) in [6.45, 7) is 7.39. The molecule has 36 heavy (non-hydrogen) atoms. The highest BCUT2D eigenvalue weighted by Gasteiger charge is 2.32. The van der Waals surface area contributed by atoms with Crippen LogP contribution < -0.4 is 21.7 Å². The van der Waals surface area contributed by atoms with Gasteiger partial charge in [0, 0.05) is 36.6 Å². The normalized spacial score (nSPS) is 14.6. The first kappa shape index (κ1) is 28.5. The lowest BCUT2D eigenvalue weighted by Crippen LogP contribution is -2.59. The Bertz CT molecular complexity index is 990. The van der Waals surface area contributed by atoms with E-state index in [1.807, 2.05) is 13.8 Å². The Balaban J connectivity index is 2.17. The fourth-order valence-corrected chi connectivity index (χ4v) is 3.59. The van der Waals surface area contributed by atoms with E-state index in [1.54, 1.807) is 13.8 Å². The highest BCUT2D eigenvalue weighted by Crippen LogP contribution is 2.08. The van der Waals surface area contributed by atoms with E-state index in [-0.39, 0.29) is 24.7 Å². The highest BCUT2D eigenvalue weighted by atomic mass is 16.4. The summed E-state index contributed by atoms with van der Waals surface area (Å²) in [4.78, 5) is 64.1. The Labute approximate surface area is 209 Å². The molecule has 4 atom stereocenters. The first-order valence-electron chi connectivity index (χ1n) is 11.8. The summed E-state index contributed by atoms with van der Waals surface area (Å²) in [6.07, 6.45) is 6.26. The Morgan fingerprint density at radius 1 is 0.861 bits per heavy atom. The number of nitrogens with two attached hydrogens (primary N) is 1. The average Bonchev–Trinajstić information content (AvgIpc) is 3.49. The smallest absolute Gasteiger partial charge is 0.326 e. The minimum atomic E-state index is -1.26. The van der Waals surface area contributed by atoms with Gasteiger partial charge in [-0.1, -0.05) is 27.7 Å². The zero-order chi connectivity index (χ0) is 26.8. The largest absolute Gasteiger partial charge is 0.480 e. The number of aromatic nitrogens is 4. The molecule has 2 heterocycles. The molecule has 0 bridgehead atoms. The van der Waals surface area contributed by atoms with Gasteiger partial charge in [-0.25, -0.2) is 14.8 Å². The van der Waals surface area contributed by atoms with E-state index < -0.39 is 47.9 Å². The molecule has 13 heteroatoms. The predicted octanol–water partition coefficient (Wildman–Crippen LogP) is -0.514. The lowest BCUT2D eigenvalue weighted by molar-refractivity contribution is -0.142. The summed E-state index contributed by atoms with van der Waals surface area (Å²) in [5.41, 5.74) is 7.04. The van der Waals surface area contributed by atoms with Crippen molar-refractivity contribution in [2.75, 3.05) is 0 Å². The molecule has 0 saturated heterocycles.